The maximum absolute atomic E-state index is 12.3. The van der Waals surface area contributed by atoms with E-state index in [1.165, 1.54) is 0 Å². The van der Waals surface area contributed by atoms with Gasteiger partial charge in [-0.3, -0.25) is 4.79 Å². The average molecular weight is 412 g/mol. The van der Waals surface area contributed by atoms with Gasteiger partial charge >= 0.3 is 0 Å². The van der Waals surface area contributed by atoms with Crippen LogP contribution in [0.4, 0.5) is 5.69 Å². The van der Waals surface area contributed by atoms with Gasteiger partial charge in [-0.15, -0.1) is 0 Å². The summed E-state index contributed by atoms with van der Waals surface area (Å²) in [6.07, 6.45) is 1.80. The van der Waals surface area contributed by atoms with Gasteiger partial charge in [0.15, 0.2) is 18.1 Å². The molecule has 0 radical (unpaired) electrons. The van der Waals surface area contributed by atoms with Crippen LogP contribution in [-0.2, 0) is 4.79 Å². The summed E-state index contributed by atoms with van der Waals surface area (Å²) >= 11 is 0. The van der Waals surface area contributed by atoms with Crippen LogP contribution >= 0.6 is 0 Å². The molecule has 0 aliphatic carbocycles. The number of rotatable bonds is 8. The number of anilines is 1. The normalized spacial score (nSPS) is 10.8. The second kappa shape index (κ2) is 10.7. The van der Waals surface area contributed by atoms with Crippen LogP contribution in [0.3, 0.4) is 0 Å². The van der Waals surface area contributed by atoms with Crippen molar-refractivity contribution in [1.82, 2.24) is 0 Å². The number of allylic oxidation sites excluding steroid dienone is 1. The molecule has 3 aromatic rings. The van der Waals surface area contributed by atoms with Crippen LogP contribution in [0.15, 0.2) is 72.8 Å². The molecule has 0 saturated heterocycles. The summed E-state index contributed by atoms with van der Waals surface area (Å²) in [5.74, 6) is 0.731. The molecule has 0 aromatic heterocycles. The first kappa shape index (κ1) is 21.7. The molecule has 0 heterocycles. The van der Waals surface area contributed by atoms with Crippen molar-refractivity contribution in [2.24, 2.45) is 0 Å². The van der Waals surface area contributed by atoms with Crippen LogP contribution in [0.5, 0.6) is 11.5 Å². The molecule has 3 aromatic carbocycles. The fourth-order valence-corrected chi connectivity index (χ4v) is 3.03. The van der Waals surface area contributed by atoms with Crippen molar-refractivity contribution in [1.29, 1.82) is 5.26 Å². The van der Waals surface area contributed by atoms with Crippen LogP contribution in [0.1, 0.15) is 23.6 Å². The maximum atomic E-state index is 12.3. The van der Waals surface area contributed by atoms with Gasteiger partial charge in [0, 0.05) is 5.69 Å². The highest BCUT2D eigenvalue weighted by Gasteiger charge is 2.10. The minimum atomic E-state index is -0.257. The molecule has 0 aliphatic heterocycles. The van der Waals surface area contributed by atoms with E-state index < -0.39 is 0 Å². The lowest BCUT2D eigenvalue weighted by molar-refractivity contribution is -0.118. The SMILES string of the molecule is CCOc1cc(/C=C(\C#N)c2ccccc2)ccc1OCC(=O)Nc1cccc(C)c1. The molecule has 0 atom stereocenters. The largest absolute Gasteiger partial charge is 0.490 e. The Kier molecular flexibility index (Phi) is 7.45. The van der Waals surface area contributed by atoms with Crippen molar-refractivity contribution in [3.8, 4) is 17.6 Å². The molecule has 5 heteroatoms. The second-order valence-electron chi connectivity index (χ2n) is 6.88. The first-order chi connectivity index (χ1) is 15.1. The molecule has 31 heavy (non-hydrogen) atoms. The van der Waals surface area contributed by atoms with E-state index in [1.807, 2.05) is 74.5 Å². The summed E-state index contributed by atoms with van der Waals surface area (Å²) in [7, 11) is 0. The molecule has 0 unspecified atom stereocenters. The number of amides is 1. The summed E-state index contributed by atoms with van der Waals surface area (Å²) in [5.41, 5.74) is 3.99. The van der Waals surface area contributed by atoms with Crippen LogP contribution in [0, 0.1) is 18.3 Å². The van der Waals surface area contributed by atoms with E-state index in [0.29, 0.717) is 23.7 Å². The zero-order valence-corrected chi connectivity index (χ0v) is 17.6. The van der Waals surface area contributed by atoms with E-state index in [9.17, 15) is 10.1 Å². The summed E-state index contributed by atoms with van der Waals surface area (Å²) in [6.45, 7) is 4.15. The van der Waals surface area contributed by atoms with Gasteiger partial charge in [-0.2, -0.15) is 5.26 Å². The van der Waals surface area contributed by atoms with Gasteiger partial charge in [0.05, 0.1) is 18.2 Å². The molecule has 156 valence electrons. The molecule has 3 rings (SSSR count). The number of carbonyl (C=O) groups is 1. The van der Waals surface area contributed by atoms with Crippen molar-refractivity contribution in [2.45, 2.75) is 13.8 Å². The number of carbonyl (C=O) groups excluding carboxylic acids is 1. The van der Waals surface area contributed by atoms with Gasteiger partial charge in [0.2, 0.25) is 0 Å². The number of hydrogen-bond acceptors (Lipinski definition) is 4. The van der Waals surface area contributed by atoms with E-state index in [1.54, 1.807) is 18.2 Å². The molecule has 1 N–H and O–H groups in total. The average Bonchev–Trinajstić information content (AvgIpc) is 2.77. The lowest BCUT2D eigenvalue weighted by atomic mass is 10.0. The topological polar surface area (TPSA) is 71.3 Å². The Bertz CT molecular complexity index is 1110. The first-order valence-electron chi connectivity index (χ1n) is 10.0. The smallest absolute Gasteiger partial charge is 0.262 e. The Morgan fingerprint density at radius 3 is 2.52 bits per heavy atom. The van der Waals surface area contributed by atoms with Crippen molar-refractivity contribution < 1.29 is 14.3 Å². The second-order valence-corrected chi connectivity index (χ2v) is 6.88. The van der Waals surface area contributed by atoms with Crippen molar-refractivity contribution in [2.75, 3.05) is 18.5 Å². The third-order valence-electron chi connectivity index (χ3n) is 4.44. The van der Waals surface area contributed by atoms with E-state index in [2.05, 4.69) is 11.4 Å². The number of hydrogen-bond donors (Lipinski definition) is 1. The van der Waals surface area contributed by atoms with Crippen LogP contribution < -0.4 is 14.8 Å². The lowest BCUT2D eigenvalue weighted by Crippen LogP contribution is -2.20. The van der Waals surface area contributed by atoms with Gasteiger partial charge in [0.1, 0.15) is 0 Å². The zero-order chi connectivity index (χ0) is 22.1. The zero-order valence-electron chi connectivity index (χ0n) is 17.6. The predicted molar refractivity (Wildman–Crippen MR) is 123 cm³/mol. The third kappa shape index (κ3) is 6.22. The van der Waals surface area contributed by atoms with Gasteiger partial charge in [-0.25, -0.2) is 0 Å². The number of aryl methyl sites for hydroxylation is 1. The first-order valence-corrected chi connectivity index (χ1v) is 10.0. The minimum absolute atomic E-state index is 0.142. The highest BCUT2D eigenvalue weighted by molar-refractivity contribution is 5.92. The van der Waals surface area contributed by atoms with Crippen LogP contribution in [0.25, 0.3) is 11.6 Å². The summed E-state index contributed by atoms with van der Waals surface area (Å²) in [4.78, 5) is 12.3. The molecule has 0 aliphatic rings. The number of nitrogens with one attached hydrogen (secondary N) is 1. The maximum Gasteiger partial charge on any atom is 0.262 e. The number of nitrogens with zero attached hydrogens (tertiary/aromatic N) is 1. The number of ether oxygens (including phenoxy) is 2. The van der Waals surface area contributed by atoms with E-state index in [-0.39, 0.29) is 12.5 Å². The van der Waals surface area contributed by atoms with E-state index in [4.69, 9.17) is 9.47 Å². The van der Waals surface area contributed by atoms with E-state index in [0.717, 1.165) is 22.4 Å². The quantitative estimate of drug-likeness (QED) is 0.393. The fourth-order valence-electron chi connectivity index (χ4n) is 3.03. The standard InChI is InChI=1S/C26H24N2O3/c1-3-30-25-16-20(15-22(17-27)21-9-5-4-6-10-21)12-13-24(25)31-18-26(29)28-23-11-7-8-19(2)14-23/h4-16H,3,18H2,1-2H3,(H,28,29)/b22-15+. The molecule has 0 spiro atoms. The Balaban J connectivity index is 1.73. The molecule has 1 amide bonds. The molecule has 0 bridgehead atoms. The molecule has 5 nitrogen and oxygen atoms in total. The number of nitriles is 1. The molecule has 0 saturated carbocycles. The monoisotopic (exact) mass is 412 g/mol. The molecular formula is C26H24N2O3. The van der Waals surface area contributed by atoms with Gasteiger partial charge in [-0.1, -0.05) is 48.5 Å². The molecule has 0 fully saturated rings. The van der Waals surface area contributed by atoms with Crippen molar-refractivity contribution >= 4 is 23.2 Å². The molecular weight excluding hydrogens is 388 g/mol. The van der Waals surface area contributed by atoms with Gasteiger partial charge in [-0.05, 0) is 60.9 Å². The minimum Gasteiger partial charge on any atom is -0.490 e. The van der Waals surface area contributed by atoms with Gasteiger partial charge < -0.3 is 14.8 Å². The van der Waals surface area contributed by atoms with Crippen molar-refractivity contribution in [3.63, 3.8) is 0 Å². The third-order valence-corrected chi connectivity index (χ3v) is 4.44. The number of benzene rings is 3. The Labute approximate surface area is 182 Å². The summed E-state index contributed by atoms with van der Waals surface area (Å²) in [6, 6.07) is 24.7. The highest BCUT2D eigenvalue weighted by Crippen LogP contribution is 2.30. The Morgan fingerprint density at radius 1 is 1.00 bits per heavy atom. The van der Waals surface area contributed by atoms with Crippen LogP contribution in [0.2, 0.25) is 0 Å². The van der Waals surface area contributed by atoms with Crippen LogP contribution in [-0.4, -0.2) is 19.1 Å². The Hall–Kier alpha value is -4.04. The van der Waals surface area contributed by atoms with E-state index >= 15 is 0 Å². The summed E-state index contributed by atoms with van der Waals surface area (Å²) < 4.78 is 11.4. The van der Waals surface area contributed by atoms with Gasteiger partial charge in [0.25, 0.3) is 5.91 Å². The lowest BCUT2D eigenvalue weighted by Gasteiger charge is -2.13. The highest BCUT2D eigenvalue weighted by atomic mass is 16.5. The Morgan fingerprint density at radius 2 is 1.81 bits per heavy atom. The summed E-state index contributed by atoms with van der Waals surface area (Å²) in [5, 5.41) is 12.4. The van der Waals surface area contributed by atoms with Crippen molar-refractivity contribution in [3.05, 3.63) is 89.5 Å². The predicted octanol–water partition coefficient (Wildman–Crippen LogP) is 5.48. The fraction of sp³-hybridized carbons (Fsp3) is 0.154.